The molecule has 0 atom stereocenters. The van der Waals surface area contributed by atoms with Crippen molar-refractivity contribution in [1.29, 1.82) is 0 Å². The van der Waals surface area contributed by atoms with Crippen LogP contribution in [0, 0.1) is 27.7 Å². The molecule has 1 heterocycles. The topological polar surface area (TPSA) is 25.0 Å². The van der Waals surface area contributed by atoms with E-state index in [9.17, 15) is 0 Å². The highest BCUT2D eigenvalue weighted by molar-refractivity contribution is 5.72. The molecule has 0 saturated heterocycles. The number of aryl methyl sites for hydroxylation is 4. The van der Waals surface area contributed by atoms with Gasteiger partial charge >= 0.3 is 0 Å². The number of hydrogen-bond acceptors (Lipinski definition) is 1. The molecule has 0 saturated carbocycles. The third-order valence-corrected chi connectivity index (χ3v) is 3.23. The Hall–Kier alpha value is -1.70. The molecule has 2 rings (SSSR count). The number of rotatable bonds is 2. The Morgan fingerprint density at radius 3 is 1.94 bits per heavy atom. The maximum atomic E-state index is 5.40. The molecule has 0 bridgehead atoms. The molecular weight excluding hydrogens is 210 g/mol. The number of hydrogen-bond donors (Lipinski definition) is 1. The van der Waals surface area contributed by atoms with Crippen molar-refractivity contribution < 1.29 is 4.74 Å². The van der Waals surface area contributed by atoms with Crippen LogP contribution in [0.1, 0.15) is 22.4 Å². The number of H-pyrrole nitrogens is 1. The third kappa shape index (κ3) is 1.95. The van der Waals surface area contributed by atoms with Crippen molar-refractivity contribution in [3.05, 3.63) is 40.7 Å². The zero-order valence-electron chi connectivity index (χ0n) is 11.1. The van der Waals surface area contributed by atoms with Gasteiger partial charge in [0.05, 0.1) is 7.11 Å². The van der Waals surface area contributed by atoms with Crippen molar-refractivity contribution >= 4 is 0 Å². The highest BCUT2D eigenvalue weighted by Gasteiger charge is 2.11. The third-order valence-electron chi connectivity index (χ3n) is 3.23. The minimum Gasteiger partial charge on any atom is -0.496 e. The molecule has 0 spiro atoms. The molecule has 17 heavy (non-hydrogen) atoms. The highest BCUT2D eigenvalue weighted by Crippen LogP contribution is 2.33. The number of ether oxygens (including phenoxy) is 1. The van der Waals surface area contributed by atoms with Crippen LogP contribution in [0.2, 0.25) is 0 Å². The standard InChI is InChI=1S/C15H19NO/c1-9-6-13(7-10(2)15(9)17-5)14-11(3)8-16-12(14)4/h6-8,16H,1-5H3. The Labute approximate surface area is 103 Å². The lowest BCUT2D eigenvalue weighted by Crippen LogP contribution is -1.93. The van der Waals surface area contributed by atoms with Gasteiger partial charge in [-0.15, -0.1) is 0 Å². The maximum Gasteiger partial charge on any atom is 0.124 e. The highest BCUT2D eigenvalue weighted by atomic mass is 16.5. The van der Waals surface area contributed by atoms with E-state index in [1.165, 1.54) is 33.5 Å². The average Bonchev–Trinajstić information content (AvgIpc) is 2.58. The van der Waals surface area contributed by atoms with Crippen molar-refractivity contribution in [2.45, 2.75) is 27.7 Å². The zero-order valence-corrected chi connectivity index (χ0v) is 11.1. The summed E-state index contributed by atoms with van der Waals surface area (Å²) in [6, 6.07) is 4.38. The van der Waals surface area contributed by atoms with Crippen molar-refractivity contribution in [2.24, 2.45) is 0 Å². The summed E-state index contributed by atoms with van der Waals surface area (Å²) in [5.41, 5.74) is 7.43. The van der Waals surface area contributed by atoms with Gasteiger partial charge in [-0.1, -0.05) is 0 Å². The van der Waals surface area contributed by atoms with E-state index in [1.807, 2.05) is 0 Å². The van der Waals surface area contributed by atoms with E-state index < -0.39 is 0 Å². The van der Waals surface area contributed by atoms with Gasteiger partial charge in [0, 0.05) is 17.5 Å². The molecule has 2 nitrogen and oxygen atoms in total. The van der Waals surface area contributed by atoms with Crippen LogP contribution in [-0.2, 0) is 0 Å². The van der Waals surface area contributed by atoms with Gasteiger partial charge in [-0.25, -0.2) is 0 Å². The Morgan fingerprint density at radius 2 is 1.53 bits per heavy atom. The minimum atomic E-state index is 0.986. The lowest BCUT2D eigenvalue weighted by Gasteiger charge is -2.12. The van der Waals surface area contributed by atoms with E-state index in [0.717, 1.165) is 5.75 Å². The van der Waals surface area contributed by atoms with Crippen LogP contribution in [0.3, 0.4) is 0 Å². The fourth-order valence-corrected chi connectivity index (χ4v) is 2.52. The van der Waals surface area contributed by atoms with Crippen molar-refractivity contribution in [3.63, 3.8) is 0 Å². The number of methoxy groups -OCH3 is 1. The molecule has 0 aliphatic rings. The summed E-state index contributed by atoms with van der Waals surface area (Å²) in [4.78, 5) is 3.27. The van der Waals surface area contributed by atoms with E-state index in [1.54, 1.807) is 7.11 Å². The minimum absolute atomic E-state index is 0.986. The van der Waals surface area contributed by atoms with Gasteiger partial charge in [0.25, 0.3) is 0 Å². The summed E-state index contributed by atoms with van der Waals surface area (Å²) in [5, 5.41) is 0. The summed E-state index contributed by atoms with van der Waals surface area (Å²) in [7, 11) is 1.72. The van der Waals surface area contributed by atoms with Gasteiger partial charge in [-0.3, -0.25) is 0 Å². The Bertz CT molecular complexity index is 510. The smallest absolute Gasteiger partial charge is 0.124 e. The second-order valence-corrected chi connectivity index (χ2v) is 4.61. The molecule has 2 heteroatoms. The molecule has 0 unspecified atom stereocenters. The first-order chi connectivity index (χ1) is 8.04. The number of nitrogens with one attached hydrogen (secondary N) is 1. The van der Waals surface area contributed by atoms with Crippen molar-refractivity contribution in [3.8, 4) is 16.9 Å². The molecule has 0 aliphatic carbocycles. The summed E-state index contributed by atoms with van der Waals surface area (Å²) in [6.45, 7) is 8.42. The Morgan fingerprint density at radius 1 is 0.941 bits per heavy atom. The maximum absolute atomic E-state index is 5.40. The summed E-state index contributed by atoms with van der Waals surface area (Å²) < 4.78 is 5.40. The van der Waals surface area contributed by atoms with E-state index in [2.05, 4.69) is 51.0 Å². The second kappa shape index (κ2) is 4.28. The van der Waals surface area contributed by atoms with Crippen LogP contribution in [0.25, 0.3) is 11.1 Å². The Balaban J connectivity index is 2.62. The number of benzene rings is 1. The quantitative estimate of drug-likeness (QED) is 0.829. The molecule has 1 N–H and O–H groups in total. The van der Waals surface area contributed by atoms with Gasteiger partial charge in [0.2, 0.25) is 0 Å². The SMILES string of the molecule is COc1c(C)cc(-c2c(C)c[nH]c2C)cc1C. The molecule has 1 aromatic carbocycles. The molecule has 2 aromatic rings. The van der Waals surface area contributed by atoms with Gasteiger partial charge in [0.1, 0.15) is 5.75 Å². The van der Waals surface area contributed by atoms with E-state index in [-0.39, 0.29) is 0 Å². The fourth-order valence-electron chi connectivity index (χ4n) is 2.52. The van der Waals surface area contributed by atoms with Crippen LogP contribution >= 0.6 is 0 Å². The first-order valence-corrected chi connectivity index (χ1v) is 5.84. The molecule has 0 aliphatic heterocycles. The molecule has 0 radical (unpaired) electrons. The van der Waals surface area contributed by atoms with Crippen LogP contribution in [0.5, 0.6) is 5.75 Å². The number of aromatic amines is 1. The van der Waals surface area contributed by atoms with Crippen molar-refractivity contribution in [1.82, 2.24) is 4.98 Å². The van der Waals surface area contributed by atoms with Gasteiger partial charge in [-0.2, -0.15) is 0 Å². The summed E-state index contributed by atoms with van der Waals surface area (Å²) in [6.07, 6.45) is 2.06. The van der Waals surface area contributed by atoms with Crippen molar-refractivity contribution in [2.75, 3.05) is 7.11 Å². The summed E-state index contributed by atoms with van der Waals surface area (Å²) in [5.74, 6) is 0.986. The lowest BCUT2D eigenvalue weighted by molar-refractivity contribution is 0.408. The van der Waals surface area contributed by atoms with Crippen LogP contribution < -0.4 is 4.74 Å². The van der Waals surface area contributed by atoms with Gasteiger partial charge in [-0.05, 0) is 62.1 Å². The van der Waals surface area contributed by atoms with Crippen LogP contribution in [-0.4, -0.2) is 12.1 Å². The first kappa shape index (κ1) is 11.8. The summed E-state index contributed by atoms with van der Waals surface area (Å²) >= 11 is 0. The van der Waals surface area contributed by atoms with E-state index >= 15 is 0 Å². The monoisotopic (exact) mass is 229 g/mol. The molecule has 90 valence electrons. The van der Waals surface area contributed by atoms with Crippen LogP contribution in [0.15, 0.2) is 18.3 Å². The molecule has 0 amide bonds. The zero-order chi connectivity index (χ0) is 12.6. The fraction of sp³-hybridized carbons (Fsp3) is 0.333. The molecule has 0 fully saturated rings. The predicted octanol–water partition coefficient (Wildman–Crippen LogP) is 3.92. The second-order valence-electron chi connectivity index (χ2n) is 4.61. The van der Waals surface area contributed by atoms with E-state index in [0.29, 0.717) is 0 Å². The van der Waals surface area contributed by atoms with E-state index in [4.69, 9.17) is 4.74 Å². The van der Waals surface area contributed by atoms with Gasteiger partial charge in [0.15, 0.2) is 0 Å². The average molecular weight is 229 g/mol. The van der Waals surface area contributed by atoms with Gasteiger partial charge < -0.3 is 9.72 Å². The largest absolute Gasteiger partial charge is 0.496 e. The number of aromatic nitrogens is 1. The lowest BCUT2D eigenvalue weighted by atomic mass is 9.97. The molecule has 1 aromatic heterocycles. The van der Waals surface area contributed by atoms with Crippen LogP contribution in [0.4, 0.5) is 0 Å². The molecular formula is C15H19NO. The Kier molecular flexibility index (Phi) is 2.97. The first-order valence-electron chi connectivity index (χ1n) is 5.84. The normalized spacial score (nSPS) is 10.6. The predicted molar refractivity (Wildman–Crippen MR) is 71.7 cm³/mol.